The van der Waals surface area contributed by atoms with E-state index in [1.165, 1.54) is 11.8 Å². The minimum absolute atomic E-state index is 0.113. The van der Waals surface area contributed by atoms with Gasteiger partial charge in [0.05, 0.1) is 11.6 Å². The highest BCUT2D eigenvalue weighted by atomic mass is 35.5. The molecule has 0 aliphatic carbocycles. The van der Waals surface area contributed by atoms with Gasteiger partial charge in [-0.3, -0.25) is 9.59 Å². The summed E-state index contributed by atoms with van der Waals surface area (Å²) in [5.41, 5.74) is 2.52. The zero-order valence-corrected chi connectivity index (χ0v) is 14.1. The van der Waals surface area contributed by atoms with Crippen LogP contribution < -0.4 is 10.2 Å². The van der Waals surface area contributed by atoms with E-state index in [9.17, 15) is 9.59 Å². The van der Waals surface area contributed by atoms with E-state index in [1.54, 1.807) is 42.5 Å². The molecule has 0 unspecified atom stereocenters. The number of aryl methyl sites for hydroxylation is 1. The molecule has 0 saturated carbocycles. The number of carbonyl (C=O) groups is 2. The molecule has 0 radical (unpaired) electrons. The van der Waals surface area contributed by atoms with Crippen molar-refractivity contribution in [2.45, 2.75) is 13.8 Å². The lowest BCUT2D eigenvalue weighted by Crippen LogP contribution is -2.37. The fraction of sp³-hybridized carbons (Fsp3) is 0.167. The second-order valence-corrected chi connectivity index (χ2v) is 5.71. The van der Waals surface area contributed by atoms with Gasteiger partial charge in [-0.25, -0.2) is 0 Å². The summed E-state index contributed by atoms with van der Waals surface area (Å²) in [7, 11) is 0. The summed E-state index contributed by atoms with van der Waals surface area (Å²) >= 11 is 5.93. The molecule has 0 aliphatic heterocycles. The number of nitrogens with zero attached hydrogens (tertiary/aromatic N) is 2. The number of hydrogen-bond donors (Lipinski definition) is 1. The van der Waals surface area contributed by atoms with Crippen molar-refractivity contribution in [2.75, 3.05) is 16.8 Å². The molecule has 0 aromatic heterocycles. The molecule has 1 N–H and O–H groups in total. The lowest BCUT2D eigenvalue weighted by atomic mass is 10.1. The first-order chi connectivity index (χ1) is 11.4. The van der Waals surface area contributed by atoms with Crippen LogP contribution in [0.5, 0.6) is 0 Å². The number of halogens is 1. The summed E-state index contributed by atoms with van der Waals surface area (Å²) in [5.74, 6) is -0.570. The number of nitrogens with one attached hydrogen (secondary N) is 1. The van der Waals surface area contributed by atoms with Gasteiger partial charge in [-0.15, -0.1) is 0 Å². The van der Waals surface area contributed by atoms with Crippen LogP contribution in [0.25, 0.3) is 0 Å². The monoisotopic (exact) mass is 341 g/mol. The predicted molar refractivity (Wildman–Crippen MR) is 94.0 cm³/mol. The number of hydrogen-bond acceptors (Lipinski definition) is 3. The van der Waals surface area contributed by atoms with Crippen LogP contribution >= 0.6 is 11.6 Å². The van der Waals surface area contributed by atoms with E-state index >= 15 is 0 Å². The van der Waals surface area contributed by atoms with Gasteiger partial charge in [0, 0.05) is 23.3 Å². The Morgan fingerprint density at radius 2 is 1.88 bits per heavy atom. The van der Waals surface area contributed by atoms with Gasteiger partial charge in [0.1, 0.15) is 6.54 Å². The number of benzene rings is 2. The van der Waals surface area contributed by atoms with Crippen LogP contribution in [-0.4, -0.2) is 18.4 Å². The zero-order valence-electron chi connectivity index (χ0n) is 13.3. The topological polar surface area (TPSA) is 73.2 Å². The molecule has 2 aromatic rings. The molecule has 24 heavy (non-hydrogen) atoms. The number of anilines is 2. The lowest BCUT2D eigenvalue weighted by molar-refractivity contribution is -0.120. The smallest absolute Gasteiger partial charge is 0.244 e. The van der Waals surface area contributed by atoms with E-state index in [0.29, 0.717) is 22.0 Å². The Bertz CT molecular complexity index is 810. The Hall–Kier alpha value is -2.84. The summed E-state index contributed by atoms with van der Waals surface area (Å²) in [5, 5.41) is 12.1. The van der Waals surface area contributed by atoms with E-state index < -0.39 is 0 Å². The van der Waals surface area contributed by atoms with Gasteiger partial charge < -0.3 is 10.2 Å². The highest BCUT2D eigenvalue weighted by Crippen LogP contribution is 2.24. The molecule has 0 fully saturated rings. The van der Waals surface area contributed by atoms with Gasteiger partial charge in [-0.1, -0.05) is 11.6 Å². The van der Waals surface area contributed by atoms with Crippen molar-refractivity contribution in [2.24, 2.45) is 0 Å². The fourth-order valence-electron chi connectivity index (χ4n) is 2.26. The molecule has 2 amide bonds. The van der Waals surface area contributed by atoms with E-state index in [4.69, 9.17) is 16.9 Å². The summed E-state index contributed by atoms with van der Waals surface area (Å²) < 4.78 is 0. The van der Waals surface area contributed by atoms with Crippen molar-refractivity contribution < 1.29 is 9.59 Å². The van der Waals surface area contributed by atoms with Crippen LogP contribution in [-0.2, 0) is 9.59 Å². The second-order valence-electron chi connectivity index (χ2n) is 5.27. The SMILES string of the molecule is CC(=O)N(CC(=O)Nc1ccc(C#N)cc1)c1ccc(Cl)cc1C. The summed E-state index contributed by atoms with van der Waals surface area (Å²) in [6.07, 6.45) is 0. The molecule has 6 heteroatoms. The third kappa shape index (κ3) is 4.34. The molecule has 2 rings (SSSR count). The molecule has 0 bridgehead atoms. The third-order valence-corrected chi connectivity index (χ3v) is 3.66. The van der Waals surface area contributed by atoms with E-state index in [-0.39, 0.29) is 18.4 Å². The molecule has 0 saturated heterocycles. The Kier molecular flexibility index (Phi) is 5.56. The highest BCUT2D eigenvalue weighted by molar-refractivity contribution is 6.30. The molecule has 0 heterocycles. The first-order valence-corrected chi connectivity index (χ1v) is 7.63. The van der Waals surface area contributed by atoms with Crippen molar-refractivity contribution in [3.63, 3.8) is 0 Å². The van der Waals surface area contributed by atoms with Crippen LogP contribution in [0.15, 0.2) is 42.5 Å². The number of amides is 2. The Morgan fingerprint density at radius 3 is 2.42 bits per heavy atom. The summed E-state index contributed by atoms with van der Waals surface area (Å²) in [4.78, 5) is 25.6. The summed E-state index contributed by atoms with van der Waals surface area (Å²) in [6, 6.07) is 13.7. The maximum absolute atomic E-state index is 12.2. The standard InChI is InChI=1S/C18H16ClN3O2/c1-12-9-15(19)5-8-17(12)22(13(2)23)11-18(24)21-16-6-3-14(10-20)4-7-16/h3-9H,11H2,1-2H3,(H,21,24). The quantitative estimate of drug-likeness (QED) is 0.924. The van der Waals surface area contributed by atoms with Gasteiger partial charge in [0.25, 0.3) is 0 Å². The van der Waals surface area contributed by atoms with Crippen molar-refractivity contribution in [3.05, 3.63) is 58.6 Å². The normalized spacial score (nSPS) is 9.92. The average Bonchev–Trinajstić information content (AvgIpc) is 2.54. The first kappa shape index (κ1) is 17.5. The largest absolute Gasteiger partial charge is 0.325 e. The molecule has 122 valence electrons. The van der Waals surface area contributed by atoms with Crippen molar-refractivity contribution in [1.29, 1.82) is 5.26 Å². The van der Waals surface area contributed by atoms with Crippen LogP contribution in [0.1, 0.15) is 18.1 Å². The lowest BCUT2D eigenvalue weighted by Gasteiger charge is -2.22. The van der Waals surface area contributed by atoms with Gasteiger partial charge in [-0.05, 0) is 55.0 Å². The number of carbonyl (C=O) groups excluding carboxylic acids is 2. The minimum Gasteiger partial charge on any atom is -0.325 e. The number of nitriles is 1. The van der Waals surface area contributed by atoms with E-state index in [0.717, 1.165) is 5.56 Å². The molecular formula is C18H16ClN3O2. The first-order valence-electron chi connectivity index (χ1n) is 7.25. The van der Waals surface area contributed by atoms with Crippen molar-refractivity contribution >= 4 is 34.8 Å². The zero-order chi connectivity index (χ0) is 17.7. The molecule has 5 nitrogen and oxygen atoms in total. The third-order valence-electron chi connectivity index (χ3n) is 3.43. The molecule has 2 aromatic carbocycles. The van der Waals surface area contributed by atoms with Crippen LogP contribution in [0, 0.1) is 18.3 Å². The molecule has 0 atom stereocenters. The van der Waals surface area contributed by atoms with E-state index in [1.807, 2.05) is 13.0 Å². The molecular weight excluding hydrogens is 326 g/mol. The van der Waals surface area contributed by atoms with Gasteiger partial charge >= 0.3 is 0 Å². The van der Waals surface area contributed by atoms with Crippen LogP contribution in [0.4, 0.5) is 11.4 Å². The highest BCUT2D eigenvalue weighted by Gasteiger charge is 2.17. The molecule has 0 spiro atoms. The van der Waals surface area contributed by atoms with Crippen molar-refractivity contribution in [3.8, 4) is 6.07 Å². The van der Waals surface area contributed by atoms with Gasteiger partial charge in [0.2, 0.25) is 11.8 Å². The van der Waals surface area contributed by atoms with Gasteiger partial charge in [-0.2, -0.15) is 5.26 Å². The Balaban J connectivity index is 2.13. The Morgan fingerprint density at radius 1 is 1.21 bits per heavy atom. The number of rotatable bonds is 4. The van der Waals surface area contributed by atoms with Crippen molar-refractivity contribution in [1.82, 2.24) is 0 Å². The predicted octanol–water partition coefficient (Wildman–Crippen LogP) is 3.51. The Labute approximate surface area is 145 Å². The van der Waals surface area contributed by atoms with Crippen LogP contribution in [0.3, 0.4) is 0 Å². The average molecular weight is 342 g/mol. The molecule has 0 aliphatic rings. The van der Waals surface area contributed by atoms with Crippen LogP contribution in [0.2, 0.25) is 5.02 Å². The van der Waals surface area contributed by atoms with Gasteiger partial charge in [0.15, 0.2) is 0 Å². The fourth-order valence-corrected chi connectivity index (χ4v) is 2.49. The minimum atomic E-state index is -0.329. The van der Waals surface area contributed by atoms with E-state index in [2.05, 4.69) is 5.32 Å². The summed E-state index contributed by atoms with van der Waals surface area (Å²) in [6.45, 7) is 3.12. The maximum atomic E-state index is 12.2. The maximum Gasteiger partial charge on any atom is 0.244 e. The second kappa shape index (κ2) is 7.62.